The van der Waals surface area contributed by atoms with Crippen molar-refractivity contribution in [2.75, 3.05) is 6.54 Å². The average Bonchev–Trinajstić information content (AvgIpc) is 2.38. The van der Waals surface area contributed by atoms with Crippen molar-refractivity contribution in [3.63, 3.8) is 0 Å². The van der Waals surface area contributed by atoms with E-state index in [1.165, 1.54) is 18.2 Å². The van der Waals surface area contributed by atoms with Gasteiger partial charge >= 0.3 is 0 Å². The van der Waals surface area contributed by atoms with Crippen molar-refractivity contribution in [1.29, 1.82) is 0 Å². The Labute approximate surface area is 116 Å². The molecule has 0 radical (unpaired) electrons. The maximum Gasteiger partial charge on any atom is 0.127 e. The first-order valence-electron chi connectivity index (χ1n) is 5.99. The monoisotopic (exact) mass is 281 g/mol. The number of rotatable bonds is 4. The Hall–Kier alpha value is -1.45. The van der Waals surface area contributed by atoms with E-state index in [0.717, 1.165) is 5.56 Å². The molecule has 100 valence electrons. The number of benzene rings is 2. The molecule has 0 aliphatic heterocycles. The molecule has 0 spiro atoms. The molecule has 2 aromatic rings. The van der Waals surface area contributed by atoms with E-state index in [1.807, 2.05) is 0 Å². The highest BCUT2D eigenvalue weighted by Crippen LogP contribution is 2.23. The van der Waals surface area contributed by atoms with Gasteiger partial charge in [-0.1, -0.05) is 29.8 Å². The first-order valence-corrected chi connectivity index (χ1v) is 6.37. The van der Waals surface area contributed by atoms with Gasteiger partial charge in [-0.2, -0.15) is 0 Å². The van der Waals surface area contributed by atoms with Crippen LogP contribution in [0.1, 0.15) is 17.0 Å². The Morgan fingerprint density at radius 2 is 1.89 bits per heavy atom. The largest absolute Gasteiger partial charge is 0.330 e. The van der Waals surface area contributed by atoms with Gasteiger partial charge in [0, 0.05) is 10.9 Å². The Balaban J connectivity index is 2.24. The molecule has 0 saturated carbocycles. The molecule has 0 aliphatic carbocycles. The Bertz CT molecular complexity index is 572. The lowest BCUT2D eigenvalue weighted by molar-refractivity contribution is 0.586. The van der Waals surface area contributed by atoms with E-state index in [9.17, 15) is 8.78 Å². The molecular formula is C15H14ClF2N. The van der Waals surface area contributed by atoms with Gasteiger partial charge in [0.05, 0.1) is 0 Å². The fourth-order valence-corrected chi connectivity index (χ4v) is 2.21. The second-order valence-corrected chi connectivity index (χ2v) is 4.86. The van der Waals surface area contributed by atoms with E-state index in [1.54, 1.807) is 24.3 Å². The SMILES string of the molecule is NCC(Cc1ccc(Cl)cc1F)c1cccc(F)c1. The van der Waals surface area contributed by atoms with Crippen molar-refractivity contribution < 1.29 is 8.78 Å². The normalized spacial score (nSPS) is 12.4. The summed E-state index contributed by atoms with van der Waals surface area (Å²) in [5.41, 5.74) is 7.02. The summed E-state index contributed by atoms with van der Waals surface area (Å²) in [7, 11) is 0. The van der Waals surface area contributed by atoms with Crippen molar-refractivity contribution >= 4 is 11.6 Å². The van der Waals surface area contributed by atoms with Crippen LogP contribution in [0.15, 0.2) is 42.5 Å². The van der Waals surface area contributed by atoms with Gasteiger partial charge in [-0.25, -0.2) is 8.78 Å². The summed E-state index contributed by atoms with van der Waals surface area (Å²) in [4.78, 5) is 0. The van der Waals surface area contributed by atoms with Crippen LogP contribution in [0.5, 0.6) is 0 Å². The van der Waals surface area contributed by atoms with E-state index in [4.69, 9.17) is 17.3 Å². The first kappa shape index (κ1) is 14.0. The lowest BCUT2D eigenvalue weighted by Gasteiger charge is -2.16. The Morgan fingerprint density at radius 1 is 1.11 bits per heavy atom. The van der Waals surface area contributed by atoms with Gasteiger partial charge in [0.25, 0.3) is 0 Å². The van der Waals surface area contributed by atoms with E-state index < -0.39 is 0 Å². The average molecular weight is 282 g/mol. The lowest BCUT2D eigenvalue weighted by atomic mass is 9.92. The number of nitrogens with two attached hydrogens (primary N) is 1. The number of halogens is 3. The smallest absolute Gasteiger partial charge is 0.127 e. The highest BCUT2D eigenvalue weighted by atomic mass is 35.5. The van der Waals surface area contributed by atoms with E-state index in [-0.39, 0.29) is 17.6 Å². The topological polar surface area (TPSA) is 26.0 Å². The summed E-state index contributed by atoms with van der Waals surface area (Å²) >= 11 is 5.71. The Morgan fingerprint density at radius 3 is 2.53 bits per heavy atom. The van der Waals surface area contributed by atoms with Crippen LogP contribution < -0.4 is 5.73 Å². The molecule has 0 heterocycles. The quantitative estimate of drug-likeness (QED) is 0.904. The number of hydrogen-bond donors (Lipinski definition) is 1. The predicted octanol–water partition coefficient (Wildman–Crippen LogP) is 3.90. The molecule has 0 amide bonds. The molecule has 0 bridgehead atoms. The number of hydrogen-bond acceptors (Lipinski definition) is 1. The van der Waals surface area contributed by atoms with Crippen LogP contribution >= 0.6 is 11.6 Å². The minimum Gasteiger partial charge on any atom is -0.330 e. The van der Waals surface area contributed by atoms with Crippen molar-refractivity contribution in [2.24, 2.45) is 5.73 Å². The summed E-state index contributed by atoms with van der Waals surface area (Å²) < 4.78 is 26.9. The van der Waals surface area contributed by atoms with Crippen molar-refractivity contribution in [2.45, 2.75) is 12.3 Å². The molecule has 0 aromatic heterocycles. The summed E-state index contributed by atoms with van der Waals surface area (Å²) in [6.07, 6.45) is 0.420. The van der Waals surface area contributed by atoms with Gasteiger partial charge in [-0.3, -0.25) is 0 Å². The summed E-state index contributed by atoms with van der Waals surface area (Å²) in [6.45, 7) is 0.325. The first-order chi connectivity index (χ1) is 9.10. The zero-order valence-corrected chi connectivity index (χ0v) is 11.0. The third-order valence-corrected chi connectivity index (χ3v) is 3.32. The van der Waals surface area contributed by atoms with Crippen LogP contribution in [0.4, 0.5) is 8.78 Å². The molecule has 19 heavy (non-hydrogen) atoms. The van der Waals surface area contributed by atoms with Gasteiger partial charge in [0.2, 0.25) is 0 Å². The van der Waals surface area contributed by atoms with Gasteiger partial charge in [0.15, 0.2) is 0 Å². The lowest BCUT2D eigenvalue weighted by Crippen LogP contribution is -2.15. The summed E-state index contributed by atoms with van der Waals surface area (Å²) in [5, 5.41) is 0.358. The Kier molecular flexibility index (Phi) is 4.51. The predicted molar refractivity (Wildman–Crippen MR) is 73.3 cm³/mol. The molecule has 1 unspecified atom stereocenters. The third-order valence-electron chi connectivity index (χ3n) is 3.09. The molecule has 2 aromatic carbocycles. The molecular weight excluding hydrogens is 268 g/mol. The van der Waals surface area contributed by atoms with Crippen LogP contribution in [-0.2, 0) is 6.42 Å². The van der Waals surface area contributed by atoms with E-state index >= 15 is 0 Å². The molecule has 0 saturated heterocycles. The molecule has 1 nitrogen and oxygen atoms in total. The van der Waals surface area contributed by atoms with Crippen LogP contribution in [0.25, 0.3) is 0 Å². The molecule has 0 aliphatic rings. The van der Waals surface area contributed by atoms with E-state index in [0.29, 0.717) is 23.6 Å². The second kappa shape index (κ2) is 6.13. The zero-order valence-electron chi connectivity index (χ0n) is 10.2. The van der Waals surface area contributed by atoms with Crippen molar-refractivity contribution in [1.82, 2.24) is 0 Å². The van der Waals surface area contributed by atoms with Crippen LogP contribution in [0.2, 0.25) is 5.02 Å². The highest BCUT2D eigenvalue weighted by Gasteiger charge is 2.14. The summed E-state index contributed by atoms with van der Waals surface area (Å²) in [5.74, 6) is -0.791. The maximum atomic E-state index is 13.7. The van der Waals surface area contributed by atoms with Crippen molar-refractivity contribution in [3.05, 3.63) is 70.2 Å². The van der Waals surface area contributed by atoms with Crippen molar-refractivity contribution in [3.8, 4) is 0 Å². The van der Waals surface area contributed by atoms with E-state index in [2.05, 4.69) is 0 Å². The molecule has 1 atom stereocenters. The van der Waals surface area contributed by atoms with Crippen LogP contribution in [-0.4, -0.2) is 6.54 Å². The van der Waals surface area contributed by atoms with Gasteiger partial charge in [-0.05, 0) is 48.4 Å². The molecule has 2 rings (SSSR count). The fourth-order valence-electron chi connectivity index (χ4n) is 2.05. The zero-order chi connectivity index (χ0) is 13.8. The minimum atomic E-state index is -0.359. The standard InChI is InChI=1S/C15H14ClF2N/c16-13-5-4-11(15(18)8-13)6-12(9-19)10-2-1-3-14(17)7-10/h1-5,7-8,12H,6,9,19H2. The summed E-state index contributed by atoms with van der Waals surface area (Å²) in [6, 6.07) is 10.8. The molecule has 4 heteroatoms. The third kappa shape index (κ3) is 3.52. The molecule has 2 N–H and O–H groups in total. The van der Waals surface area contributed by atoms with Gasteiger partial charge in [-0.15, -0.1) is 0 Å². The van der Waals surface area contributed by atoms with Gasteiger partial charge in [0.1, 0.15) is 11.6 Å². The second-order valence-electron chi connectivity index (χ2n) is 4.43. The maximum absolute atomic E-state index is 13.7. The minimum absolute atomic E-state index is 0.119. The fraction of sp³-hybridized carbons (Fsp3) is 0.200. The highest BCUT2D eigenvalue weighted by molar-refractivity contribution is 6.30. The van der Waals surface area contributed by atoms with Crippen LogP contribution in [0, 0.1) is 11.6 Å². The molecule has 0 fully saturated rings. The van der Waals surface area contributed by atoms with Gasteiger partial charge < -0.3 is 5.73 Å². The van der Waals surface area contributed by atoms with Crippen LogP contribution in [0.3, 0.4) is 0 Å².